The van der Waals surface area contributed by atoms with Crippen molar-refractivity contribution in [2.24, 2.45) is 0 Å². The van der Waals surface area contributed by atoms with E-state index in [1.165, 1.54) is 34.9 Å². The number of hydrogen-bond acceptors (Lipinski definition) is 6. The van der Waals surface area contributed by atoms with Gasteiger partial charge in [0.1, 0.15) is 11.6 Å². The summed E-state index contributed by atoms with van der Waals surface area (Å²) in [5.74, 6) is 0.0706. The molecule has 2 heterocycles. The molecule has 0 saturated carbocycles. The molecule has 8 heteroatoms. The van der Waals surface area contributed by atoms with Gasteiger partial charge in [-0.3, -0.25) is 9.59 Å². The van der Waals surface area contributed by atoms with Gasteiger partial charge >= 0.3 is 5.97 Å². The first-order valence-corrected chi connectivity index (χ1v) is 8.77. The first kappa shape index (κ1) is 17.0. The lowest BCUT2D eigenvalue weighted by Crippen LogP contribution is -2.23. The Morgan fingerprint density at radius 1 is 1.15 bits per heavy atom. The molecule has 0 amide bonds. The normalized spacial score (nSPS) is 11.9. The molecule has 2 aromatic heterocycles. The monoisotopic (exact) mass is 381 g/mol. The highest BCUT2D eigenvalue weighted by atomic mass is 32.1. The Morgan fingerprint density at radius 2 is 1.85 bits per heavy atom. The predicted octanol–water partition coefficient (Wildman–Crippen LogP) is 2.43. The maximum atomic E-state index is 13.0. The van der Waals surface area contributed by atoms with E-state index in [0.717, 1.165) is 5.56 Å². The fraction of sp³-hybridized carbons (Fsp3) is 0.0526. The summed E-state index contributed by atoms with van der Waals surface area (Å²) >= 11 is 1.21. The summed E-state index contributed by atoms with van der Waals surface area (Å²) in [7, 11) is 0. The van der Waals surface area contributed by atoms with Crippen LogP contribution in [0.15, 0.2) is 53.3 Å². The SMILES string of the molecule is CC(=O)Oc1ccc(/C=c2/sc3nc(-c4ccc(F)cc4)nn3c2=O)cc1. The van der Waals surface area contributed by atoms with Crippen molar-refractivity contribution in [2.75, 3.05) is 0 Å². The van der Waals surface area contributed by atoms with E-state index in [0.29, 0.717) is 26.6 Å². The molecule has 0 spiro atoms. The molecule has 0 radical (unpaired) electrons. The second-order valence-electron chi connectivity index (χ2n) is 5.72. The van der Waals surface area contributed by atoms with Crippen LogP contribution < -0.4 is 14.8 Å². The second-order valence-corrected chi connectivity index (χ2v) is 6.72. The zero-order valence-electron chi connectivity index (χ0n) is 14.0. The first-order chi connectivity index (χ1) is 13.0. The molecular weight excluding hydrogens is 369 g/mol. The summed E-state index contributed by atoms with van der Waals surface area (Å²) in [6.07, 6.45) is 1.72. The minimum absolute atomic E-state index is 0.278. The number of carbonyl (C=O) groups is 1. The van der Waals surface area contributed by atoms with Crippen LogP contribution in [-0.4, -0.2) is 20.6 Å². The smallest absolute Gasteiger partial charge is 0.308 e. The fourth-order valence-corrected chi connectivity index (χ4v) is 3.41. The molecule has 134 valence electrons. The number of rotatable bonds is 3. The zero-order chi connectivity index (χ0) is 19.0. The number of benzene rings is 2. The lowest BCUT2D eigenvalue weighted by Gasteiger charge is -2.00. The van der Waals surface area contributed by atoms with Crippen LogP contribution >= 0.6 is 11.3 Å². The minimum Gasteiger partial charge on any atom is -0.427 e. The van der Waals surface area contributed by atoms with Crippen LogP contribution in [-0.2, 0) is 4.79 Å². The third-order valence-corrected chi connectivity index (χ3v) is 4.68. The number of hydrogen-bond donors (Lipinski definition) is 0. The van der Waals surface area contributed by atoms with Gasteiger partial charge < -0.3 is 4.74 Å². The molecule has 0 bridgehead atoms. The molecule has 6 nitrogen and oxygen atoms in total. The topological polar surface area (TPSA) is 73.6 Å². The van der Waals surface area contributed by atoms with E-state index in [2.05, 4.69) is 10.1 Å². The van der Waals surface area contributed by atoms with Crippen molar-refractivity contribution in [1.29, 1.82) is 0 Å². The molecule has 0 N–H and O–H groups in total. The molecule has 0 aliphatic rings. The van der Waals surface area contributed by atoms with Crippen molar-refractivity contribution >= 4 is 28.3 Å². The maximum absolute atomic E-state index is 13.0. The molecule has 0 saturated heterocycles. The lowest BCUT2D eigenvalue weighted by atomic mass is 10.2. The number of halogens is 1. The minimum atomic E-state index is -0.393. The van der Waals surface area contributed by atoms with E-state index >= 15 is 0 Å². The largest absolute Gasteiger partial charge is 0.427 e. The van der Waals surface area contributed by atoms with E-state index in [-0.39, 0.29) is 11.4 Å². The Labute approximate surface area is 156 Å². The van der Waals surface area contributed by atoms with E-state index < -0.39 is 5.97 Å². The number of fused-ring (bicyclic) bond motifs is 1. The van der Waals surface area contributed by atoms with E-state index in [1.807, 2.05) is 0 Å². The van der Waals surface area contributed by atoms with Gasteiger partial charge in [0, 0.05) is 12.5 Å². The molecule has 4 rings (SSSR count). The number of nitrogens with zero attached hydrogens (tertiary/aromatic N) is 3. The van der Waals surface area contributed by atoms with Crippen molar-refractivity contribution in [3.8, 4) is 17.1 Å². The third-order valence-electron chi connectivity index (χ3n) is 3.72. The molecule has 0 unspecified atom stereocenters. The Hall–Kier alpha value is -3.39. The number of esters is 1. The summed E-state index contributed by atoms with van der Waals surface area (Å²) in [6, 6.07) is 12.6. The van der Waals surface area contributed by atoms with Gasteiger partial charge in [-0.2, -0.15) is 9.50 Å². The van der Waals surface area contributed by atoms with E-state index in [1.54, 1.807) is 42.5 Å². The summed E-state index contributed by atoms with van der Waals surface area (Å²) in [6.45, 7) is 1.33. The van der Waals surface area contributed by atoms with Crippen LogP contribution in [0.5, 0.6) is 5.75 Å². The molecular formula is C19H12FN3O3S. The Morgan fingerprint density at radius 3 is 2.48 bits per heavy atom. The molecule has 0 aliphatic carbocycles. The lowest BCUT2D eigenvalue weighted by molar-refractivity contribution is -0.131. The van der Waals surface area contributed by atoms with E-state index in [9.17, 15) is 14.0 Å². The van der Waals surface area contributed by atoms with Crippen molar-refractivity contribution in [3.05, 3.63) is 74.8 Å². The highest BCUT2D eigenvalue weighted by Crippen LogP contribution is 2.17. The standard InChI is InChI=1S/C19H12FN3O3S/c1-11(24)26-15-8-2-12(3-9-15)10-16-18(25)23-19(27-16)21-17(22-23)13-4-6-14(20)7-5-13/h2-10H,1H3/b16-10+. The van der Waals surface area contributed by atoms with Gasteiger partial charge in [0.25, 0.3) is 5.56 Å². The van der Waals surface area contributed by atoms with Crippen molar-refractivity contribution in [3.63, 3.8) is 0 Å². The Kier molecular flexibility index (Phi) is 4.25. The van der Waals surface area contributed by atoms with Crippen molar-refractivity contribution in [1.82, 2.24) is 14.6 Å². The third kappa shape index (κ3) is 3.47. The molecule has 27 heavy (non-hydrogen) atoms. The Balaban J connectivity index is 1.69. The first-order valence-electron chi connectivity index (χ1n) is 7.95. The number of aromatic nitrogens is 3. The molecule has 0 fully saturated rings. The number of carbonyl (C=O) groups excluding carboxylic acids is 1. The van der Waals surface area contributed by atoms with Crippen LogP contribution in [0.4, 0.5) is 4.39 Å². The van der Waals surface area contributed by atoms with Gasteiger partial charge in [-0.1, -0.05) is 23.5 Å². The predicted molar refractivity (Wildman–Crippen MR) is 99.1 cm³/mol. The van der Waals surface area contributed by atoms with Crippen molar-refractivity contribution < 1.29 is 13.9 Å². The zero-order valence-corrected chi connectivity index (χ0v) is 14.9. The van der Waals surface area contributed by atoms with Crippen molar-refractivity contribution in [2.45, 2.75) is 6.92 Å². The van der Waals surface area contributed by atoms with E-state index in [4.69, 9.17) is 4.74 Å². The Bertz CT molecular complexity index is 1240. The van der Waals surface area contributed by atoms with Gasteiger partial charge in [-0.15, -0.1) is 5.10 Å². The number of ether oxygens (including phenoxy) is 1. The highest BCUT2D eigenvalue weighted by Gasteiger charge is 2.12. The fourth-order valence-electron chi connectivity index (χ4n) is 2.50. The quantitative estimate of drug-likeness (QED) is 0.403. The summed E-state index contributed by atoms with van der Waals surface area (Å²) < 4.78 is 19.7. The van der Waals surface area contributed by atoms with Gasteiger partial charge in [-0.05, 0) is 48.0 Å². The van der Waals surface area contributed by atoms with Crippen LogP contribution in [0.25, 0.3) is 22.4 Å². The molecule has 2 aromatic carbocycles. The van der Waals surface area contributed by atoms with Gasteiger partial charge in [-0.25, -0.2) is 4.39 Å². The van der Waals surface area contributed by atoms with Gasteiger partial charge in [0.2, 0.25) is 4.96 Å². The van der Waals surface area contributed by atoms with Gasteiger partial charge in [0.15, 0.2) is 5.82 Å². The molecule has 0 atom stereocenters. The average molecular weight is 381 g/mol. The second kappa shape index (κ2) is 6.73. The summed E-state index contributed by atoms with van der Waals surface area (Å²) in [4.78, 5) is 28.3. The highest BCUT2D eigenvalue weighted by molar-refractivity contribution is 7.15. The average Bonchev–Trinajstić information content (AvgIpc) is 3.17. The van der Waals surface area contributed by atoms with Crippen LogP contribution in [0.2, 0.25) is 0 Å². The van der Waals surface area contributed by atoms with Crippen LogP contribution in [0, 0.1) is 5.82 Å². The molecule has 4 aromatic rings. The summed E-state index contributed by atoms with van der Waals surface area (Å²) in [5.41, 5.74) is 1.14. The van der Waals surface area contributed by atoms with Crippen LogP contribution in [0.3, 0.4) is 0 Å². The van der Waals surface area contributed by atoms with Gasteiger partial charge in [0.05, 0.1) is 4.53 Å². The van der Waals surface area contributed by atoms with Crippen LogP contribution in [0.1, 0.15) is 12.5 Å². The maximum Gasteiger partial charge on any atom is 0.308 e. The number of thiazole rings is 1. The summed E-state index contributed by atoms with van der Waals surface area (Å²) in [5, 5.41) is 4.22. The molecule has 0 aliphatic heterocycles.